The lowest BCUT2D eigenvalue weighted by Gasteiger charge is -2.28. The van der Waals surface area contributed by atoms with Gasteiger partial charge in [-0.3, -0.25) is 4.79 Å². The van der Waals surface area contributed by atoms with Gasteiger partial charge in [0, 0.05) is 11.0 Å². The third-order valence-corrected chi connectivity index (χ3v) is 3.48. The molecule has 0 aromatic rings. The van der Waals surface area contributed by atoms with Crippen LogP contribution in [0.5, 0.6) is 0 Å². The van der Waals surface area contributed by atoms with E-state index in [-0.39, 0.29) is 17.2 Å². The second-order valence-electron chi connectivity index (χ2n) is 4.56. The Morgan fingerprint density at radius 2 is 1.71 bits per heavy atom. The van der Waals surface area contributed by atoms with Gasteiger partial charge in [0.2, 0.25) is 0 Å². The van der Waals surface area contributed by atoms with Gasteiger partial charge in [0.05, 0.1) is 6.61 Å². The van der Waals surface area contributed by atoms with Crippen LogP contribution in [0.1, 0.15) is 53.4 Å². The van der Waals surface area contributed by atoms with Crippen molar-refractivity contribution in [2.45, 2.75) is 53.4 Å². The first-order valence-electron chi connectivity index (χ1n) is 6.23. The molecule has 0 aliphatic heterocycles. The second kappa shape index (κ2) is 7.25. The Morgan fingerprint density at radius 3 is 2.06 bits per heavy atom. The van der Waals surface area contributed by atoms with Crippen LogP contribution in [0, 0.1) is 5.41 Å². The van der Waals surface area contributed by atoms with Gasteiger partial charge in [0.25, 0.3) is 0 Å². The fourth-order valence-corrected chi connectivity index (χ4v) is 1.98. The van der Waals surface area contributed by atoms with Crippen LogP contribution in [0.4, 0.5) is 0 Å². The molecule has 0 fully saturated rings. The Hall–Kier alpha value is -1.12. The molecule has 0 bridgehead atoms. The number of esters is 1. The van der Waals surface area contributed by atoms with Crippen LogP contribution in [-0.4, -0.2) is 18.4 Å². The highest BCUT2D eigenvalue weighted by atomic mass is 16.5. The number of Topliss-reactive ketones (excluding diaryl/α,β-unsaturated/α-hetero) is 1. The predicted octanol–water partition coefficient (Wildman–Crippen LogP) is 3.28. The number of hydrogen-bond acceptors (Lipinski definition) is 3. The summed E-state index contributed by atoms with van der Waals surface area (Å²) in [6, 6.07) is 0. The molecule has 17 heavy (non-hydrogen) atoms. The third kappa shape index (κ3) is 4.72. The summed E-state index contributed by atoms with van der Waals surface area (Å²) in [5.41, 5.74) is 0.170. The van der Waals surface area contributed by atoms with Gasteiger partial charge in [0.1, 0.15) is 5.78 Å². The summed E-state index contributed by atoms with van der Waals surface area (Å²) >= 11 is 0. The van der Waals surface area contributed by atoms with Crippen molar-refractivity contribution < 1.29 is 14.3 Å². The lowest BCUT2D eigenvalue weighted by molar-refractivity contribution is -0.139. The lowest BCUT2D eigenvalue weighted by Crippen LogP contribution is -2.28. The third-order valence-electron chi connectivity index (χ3n) is 3.48. The largest absolute Gasteiger partial charge is 0.462 e. The zero-order valence-corrected chi connectivity index (χ0v) is 11.5. The van der Waals surface area contributed by atoms with E-state index in [0.717, 1.165) is 25.7 Å². The van der Waals surface area contributed by atoms with E-state index in [1.807, 2.05) is 13.8 Å². The number of hydrogen-bond donors (Lipinski definition) is 0. The van der Waals surface area contributed by atoms with Crippen LogP contribution in [0.15, 0.2) is 12.2 Å². The Labute approximate surface area is 104 Å². The Balaban J connectivity index is 4.12. The maximum atomic E-state index is 11.6. The summed E-state index contributed by atoms with van der Waals surface area (Å²) in [6.45, 7) is 11.2. The van der Waals surface area contributed by atoms with Gasteiger partial charge in [-0.25, -0.2) is 4.79 Å². The SMILES string of the molecule is C=C(C)C(=O)OCCCC(CC)(CC)C(C)=O. The van der Waals surface area contributed by atoms with E-state index in [1.54, 1.807) is 13.8 Å². The number of carbonyl (C=O) groups is 2. The van der Waals surface area contributed by atoms with Crippen LogP contribution in [0.2, 0.25) is 0 Å². The smallest absolute Gasteiger partial charge is 0.333 e. The minimum atomic E-state index is -0.355. The quantitative estimate of drug-likeness (QED) is 0.371. The number of rotatable bonds is 8. The normalized spacial score (nSPS) is 11.1. The summed E-state index contributed by atoms with van der Waals surface area (Å²) in [4.78, 5) is 22.8. The standard InChI is InChI=1S/C14H24O3/c1-6-14(7-2,12(5)15)9-8-10-17-13(16)11(3)4/h3,6-10H2,1-2,4-5H3. The van der Waals surface area contributed by atoms with Gasteiger partial charge in [-0.1, -0.05) is 20.4 Å². The van der Waals surface area contributed by atoms with E-state index in [9.17, 15) is 9.59 Å². The summed E-state index contributed by atoms with van der Waals surface area (Å²) in [5.74, 6) is -0.125. The molecule has 0 rings (SSSR count). The lowest BCUT2D eigenvalue weighted by atomic mass is 9.75. The molecular formula is C14H24O3. The number of ketones is 1. The number of carbonyl (C=O) groups excluding carboxylic acids is 2. The molecule has 0 saturated carbocycles. The average Bonchev–Trinajstić information content (AvgIpc) is 2.29. The van der Waals surface area contributed by atoms with Gasteiger partial charge in [-0.05, 0) is 39.5 Å². The van der Waals surface area contributed by atoms with Crippen LogP contribution in [0.3, 0.4) is 0 Å². The van der Waals surface area contributed by atoms with Crippen molar-refractivity contribution in [1.82, 2.24) is 0 Å². The first kappa shape index (κ1) is 15.9. The van der Waals surface area contributed by atoms with Gasteiger partial charge in [0.15, 0.2) is 0 Å². The van der Waals surface area contributed by atoms with Crippen molar-refractivity contribution in [3.63, 3.8) is 0 Å². The molecule has 3 heteroatoms. The molecule has 98 valence electrons. The Kier molecular flexibility index (Phi) is 6.78. The van der Waals surface area contributed by atoms with Crippen molar-refractivity contribution in [2.24, 2.45) is 5.41 Å². The second-order valence-corrected chi connectivity index (χ2v) is 4.56. The van der Waals surface area contributed by atoms with E-state index in [2.05, 4.69) is 6.58 Å². The Morgan fingerprint density at radius 1 is 1.18 bits per heavy atom. The minimum Gasteiger partial charge on any atom is -0.462 e. The average molecular weight is 240 g/mol. The first-order valence-corrected chi connectivity index (χ1v) is 6.23. The van der Waals surface area contributed by atoms with Crippen molar-refractivity contribution >= 4 is 11.8 Å². The maximum Gasteiger partial charge on any atom is 0.333 e. The summed E-state index contributed by atoms with van der Waals surface area (Å²) in [6.07, 6.45) is 3.18. The fraction of sp³-hybridized carbons (Fsp3) is 0.714. The summed E-state index contributed by atoms with van der Waals surface area (Å²) in [7, 11) is 0. The molecular weight excluding hydrogens is 216 g/mol. The molecule has 0 heterocycles. The van der Waals surface area contributed by atoms with Crippen molar-refractivity contribution in [2.75, 3.05) is 6.61 Å². The molecule has 0 saturated heterocycles. The summed E-state index contributed by atoms with van der Waals surface area (Å²) < 4.78 is 5.02. The highest BCUT2D eigenvalue weighted by molar-refractivity contribution is 5.86. The van der Waals surface area contributed by atoms with E-state index in [0.29, 0.717) is 12.2 Å². The molecule has 0 aromatic carbocycles. The van der Waals surface area contributed by atoms with Crippen LogP contribution in [-0.2, 0) is 14.3 Å². The first-order chi connectivity index (χ1) is 7.89. The fourth-order valence-electron chi connectivity index (χ4n) is 1.98. The molecule has 0 spiro atoms. The molecule has 3 nitrogen and oxygen atoms in total. The molecule has 0 aliphatic rings. The topological polar surface area (TPSA) is 43.4 Å². The highest BCUT2D eigenvalue weighted by Crippen LogP contribution is 2.32. The molecule has 0 aromatic heterocycles. The Bertz CT molecular complexity index is 288. The van der Waals surface area contributed by atoms with Gasteiger partial charge >= 0.3 is 5.97 Å². The van der Waals surface area contributed by atoms with E-state index in [4.69, 9.17) is 4.74 Å². The molecule has 0 amide bonds. The molecule has 0 unspecified atom stereocenters. The van der Waals surface area contributed by atoms with Crippen molar-refractivity contribution in [1.29, 1.82) is 0 Å². The van der Waals surface area contributed by atoms with E-state index >= 15 is 0 Å². The van der Waals surface area contributed by atoms with Gasteiger partial charge in [-0.2, -0.15) is 0 Å². The van der Waals surface area contributed by atoms with Crippen LogP contribution < -0.4 is 0 Å². The van der Waals surface area contributed by atoms with Gasteiger partial charge in [-0.15, -0.1) is 0 Å². The van der Waals surface area contributed by atoms with Crippen molar-refractivity contribution in [3.05, 3.63) is 12.2 Å². The van der Waals surface area contributed by atoms with Crippen LogP contribution in [0.25, 0.3) is 0 Å². The monoisotopic (exact) mass is 240 g/mol. The zero-order chi connectivity index (χ0) is 13.5. The van der Waals surface area contributed by atoms with Crippen molar-refractivity contribution in [3.8, 4) is 0 Å². The minimum absolute atomic E-state index is 0.230. The van der Waals surface area contributed by atoms with Gasteiger partial charge < -0.3 is 4.74 Å². The predicted molar refractivity (Wildman–Crippen MR) is 68.7 cm³/mol. The van der Waals surface area contributed by atoms with Crippen LogP contribution >= 0.6 is 0 Å². The molecule has 0 aliphatic carbocycles. The molecule has 0 atom stereocenters. The van der Waals surface area contributed by atoms with E-state index < -0.39 is 0 Å². The zero-order valence-electron chi connectivity index (χ0n) is 11.5. The number of ether oxygens (including phenoxy) is 1. The summed E-state index contributed by atoms with van der Waals surface area (Å²) in [5, 5.41) is 0. The van der Waals surface area contributed by atoms with E-state index in [1.165, 1.54) is 0 Å². The molecule has 0 radical (unpaired) electrons. The highest BCUT2D eigenvalue weighted by Gasteiger charge is 2.30. The molecule has 0 N–H and O–H groups in total. The maximum absolute atomic E-state index is 11.6.